The Balaban J connectivity index is 2.07. The van der Waals surface area contributed by atoms with Crippen LogP contribution in [0.4, 0.5) is 0 Å². The van der Waals surface area contributed by atoms with Gasteiger partial charge in [0.2, 0.25) is 9.03 Å². The van der Waals surface area contributed by atoms with Gasteiger partial charge in [-0.05, 0) is 18.6 Å². The average molecular weight is 198 g/mol. The standard InChI is InChI=1S/C10H15O2P/c1-2-3-9-11-13-12-10-7-5-4-6-8-10/h4-8,13H,2-3,9H2,1H3. The third-order valence-corrected chi connectivity index (χ3v) is 2.20. The molecule has 1 rings (SSSR count). The fourth-order valence-electron chi connectivity index (χ4n) is 0.824. The van der Waals surface area contributed by atoms with Crippen molar-refractivity contribution in [3.63, 3.8) is 0 Å². The van der Waals surface area contributed by atoms with Crippen LogP contribution in [-0.4, -0.2) is 6.61 Å². The number of unbranched alkanes of at least 4 members (excludes halogenated alkanes) is 1. The van der Waals surface area contributed by atoms with Gasteiger partial charge in [0.1, 0.15) is 5.75 Å². The van der Waals surface area contributed by atoms with Crippen LogP contribution in [0.25, 0.3) is 0 Å². The van der Waals surface area contributed by atoms with E-state index in [-0.39, 0.29) is 9.03 Å². The first-order chi connectivity index (χ1) is 6.43. The molecular formula is C10H15O2P. The summed E-state index contributed by atoms with van der Waals surface area (Å²) in [4.78, 5) is 0. The quantitative estimate of drug-likeness (QED) is 0.515. The minimum Gasteiger partial charge on any atom is -0.450 e. The van der Waals surface area contributed by atoms with Crippen LogP contribution in [0.1, 0.15) is 19.8 Å². The van der Waals surface area contributed by atoms with Gasteiger partial charge in [0.05, 0.1) is 6.61 Å². The summed E-state index contributed by atoms with van der Waals surface area (Å²) in [5, 5.41) is 0. The summed E-state index contributed by atoms with van der Waals surface area (Å²) in [5.41, 5.74) is 0. The zero-order chi connectivity index (χ0) is 9.36. The molecule has 13 heavy (non-hydrogen) atoms. The first-order valence-corrected chi connectivity index (χ1v) is 5.34. The lowest BCUT2D eigenvalue weighted by Crippen LogP contribution is -1.86. The highest BCUT2D eigenvalue weighted by Crippen LogP contribution is 2.20. The van der Waals surface area contributed by atoms with Gasteiger partial charge in [0, 0.05) is 0 Å². The Hall–Kier alpha value is -0.590. The van der Waals surface area contributed by atoms with Gasteiger partial charge in [-0.1, -0.05) is 31.5 Å². The molecule has 0 bridgehead atoms. The molecule has 0 aliphatic heterocycles. The third kappa shape index (κ3) is 4.87. The van der Waals surface area contributed by atoms with Crippen LogP contribution >= 0.6 is 9.03 Å². The number of hydrogen-bond donors (Lipinski definition) is 0. The molecule has 0 spiro atoms. The minimum absolute atomic E-state index is 0.120. The molecule has 1 aromatic rings. The van der Waals surface area contributed by atoms with Gasteiger partial charge in [-0.25, -0.2) is 0 Å². The largest absolute Gasteiger partial charge is 0.450 e. The number of benzene rings is 1. The summed E-state index contributed by atoms with van der Waals surface area (Å²) in [5.74, 6) is 0.873. The lowest BCUT2D eigenvalue weighted by molar-refractivity contribution is 0.321. The SMILES string of the molecule is CCCCOPOc1ccccc1. The monoisotopic (exact) mass is 198 g/mol. The molecule has 0 saturated carbocycles. The average Bonchev–Trinajstić information content (AvgIpc) is 2.19. The summed E-state index contributed by atoms with van der Waals surface area (Å²) < 4.78 is 10.6. The Morgan fingerprint density at radius 3 is 2.69 bits per heavy atom. The molecule has 3 heteroatoms. The zero-order valence-corrected chi connectivity index (χ0v) is 8.82. The van der Waals surface area contributed by atoms with Crippen LogP contribution in [0.15, 0.2) is 30.3 Å². The number of hydrogen-bond acceptors (Lipinski definition) is 2. The van der Waals surface area contributed by atoms with Crippen molar-refractivity contribution in [3.05, 3.63) is 30.3 Å². The molecule has 0 saturated heterocycles. The van der Waals surface area contributed by atoms with E-state index >= 15 is 0 Å². The molecule has 72 valence electrons. The second kappa shape index (κ2) is 6.88. The van der Waals surface area contributed by atoms with E-state index in [9.17, 15) is 0 Å². The first kappa shape index (κ1) is 10.5. The van der Waals surface area contributed by atoms with Gasteiger partial charge in [0.15, 0.2) is 0 Å². The van der Waals surface area contributed by atoms with Crippen molar-refractivity contribution in [1.29, 1.82) is 0 Å². The van der Waals surface area contributed by atoms with E-state index < -0.39 is 0 Å². The molecule has 1 atom stereocenters. The zero-order valence-electron chi connectivity index (χ0n) is 7.82. The van der Waals surface area contributed by atoms with Crippen molar-refractivity contribution < 1.29 is 9.05 Å². The van der Waals surface area contributed by atoms with Crippen molar-refractivity contribution >= 4 is 9.03 Å². The van der Waals surface area contributed by atoms with Gasteiger partial charge in [-0.15, -0.1) is 0 Å². The topological polar surface area (TPSA) is 18.5 Å². The number of rotatable bonds is 6. The minimum atomic E-state index is 0.120. The molecule has 0 aliphatic carbocycles. The van der Waals surface area contributed by atoms with Crippen molar-refractivity contribution in [2.75, 3.05) is 6.61 Å². The van der Waals surface area contributed by atoms with Crippen molar-refractivity contribution in [3.8, 4) is 5.75 Å². The summed E-state index contributed by atoms with van der Waals surface area (Å²) in [7, 11) is 0.120. The van der Waals surface area contributed by atoms with Crippen LogP contribution in [-0.2, 0) is 4.52 Å². The first-order valence-electron chi connectivity index (χ1n) is 4.52. The summed E-state index contributed by atoms with van der Waals surface area (Å²) in [6.45, 7) is 2.94. The third-order valence-electron chi connectivity index (χ3n) is 1.56. The molecule has 1 unspecified atom stereocenters. The summed E-state index contributed by atoms with van der Waals surface area (Å²) in [6.07, 6.45) is 2.26. The Labute approximate surface area is 81.2 Å². The Bertz CT molecular complexity index is 213. The predicted octanol–water partition coefficient (Wildman–Crippen LogP) is 3.39. The van der Waals surface area contributed by atoms with Crippen molar-refractivity contribution in [2.45, 2.75) is 19.8 Å². The predicted molar refractivity (Wildman–Crippen MR) is 56.2 cm³/mol. The van der Waals surface area contributed by atoms with Crippen LogP contribution in [0.2, 0.25) is 0 Å². The highest BCUT2D eigenvalue weighted by Gasteiger charge is 1.91. The van der Waals surface area contributed by atoms with E-state index in [4.69, 9.17) is 9.05 Å². The summed E-state index contributed by atoms with van der Waals surface area (Å²) >= 11 is 0. The molecule has 0 aliphatic rings. The maximum atomic E-state index is 5.36. The maximum absolute atomic E-state index is 5.36. The van der Waals surface area contributed by atoms with Crippen molar-refractivity contribution in [2.24, 2.45) is 0 Å². The molecule has 0 aromatic heterocycles. The fraction of sp³-hybridized carbons (Fsp3) is 0.400. The Morgan fingerprint density at radius 1 is 1.23 bits per heavy atom. The summed E-state index contributed by atoms with van der Waals surface area (Å²) in [6, 6.07) is 9.72. The molecule has 0 fully saturated rings. The van der Waals surface area contributed by atoms with Crippen LogP contribution in [0.5, 0.6) is 5.75 Å². The lowest BCUT2D eigenvalue weighted by atomic mass is 10.3. The molecular weight excluding hydrogens is 183 g/mol. The van der Waals surface area contributed by atoms with Crippen LogP contribution in [0, 0.1) is 0 Å². The molecule has 2 nitrogen and oxygen atoms in total. The number of para-hydroxylation sites is 1. The normalized spacial score (nSPS) is 10.8. The Kier molecular flexibility index (Phi) is 5.55. The molecule has 0 N–H and O–H groups in total. The van der Waals surface area contributed by atoms with Gasteiger partial charge >= 0.3 is 0 Å². The second-order valence-corrected chi connectivity index (χ2v) is 3.36. The van der Waals surface area contributed by atoms with E-state index in [1.165, 1.54) is 0 Å². The van der Waals surface area contributed by atoms with Gasteiger partial charge in [-0.3, -0.25) is 0 Å². The van der Waals surface area contributed by atoms with E-state index in [2.05, 4.69) is 6.92 Å². The van der Waals surface area contributed by atoms with Crippen LogP contribution < -0.4 is 4.52 Å². The molecule has 0 radical (unpaired) electrons. The van der Waals surface area contributed by atoms with E-state index in [1.807, 2.05) is 30.3 Å². The molecule has 1 aromatic carbocycles. The van der Waals surface area contributed by atoms with Crippen LogP contribution in [0.3, 0.4) is 0 Å². The smallest absolute Gasteiger partial charge is 0.215 e. The van der Waals surface area contributed by atoms with E-state index in [1.54, 1.807) is 0 Å². The fourth-order valence-corrected chi connectivity index (χ4v) is 1.34. The van der Waals surface area contributed by atoms with Gasteiger partial charge < -0.3 is 9.05 Å². The van der Waals surface area contributed by atoms with E-state index in [0.717, 1.165) is 25.2 Å². The Morgan fingerprint density at radius 2 is 2.00 bits per heavy atom. The van der Waals surface area contributed by atoms with E-state index in [0.29, 0.717) is 0 Å². The highest BCUT2D eigenvalue weighted by molar-refractivity contribution is 7.26. The van der Waals surface area contributed by atoms with Gasteiger partial charge in [-0.2, -0.15) is 0 Å². The van der Waals surface area contributed by atoms with Gasteiger partial charge in [0.25, 0.3) is 0 Å². The van der Waals surface area contributed by atoms with Crippen molar-refractivity contribution in [1.82, 2.24) is 0 Å². The molecule has 0 amide bonds. The highest BCUT2D eigenvalue weighted by atomic mass is 31.1. The second-order valence-electron chi connectivity index (χ2n) is 2.70. The lowest BCUT2D eigenvalue weighted by Gasteiger charge is -2.04. The molecule has 0 heterocycles. The maximum Gasteiger partial charge on any atom is 0.215 e.